The molecule has 0 N–H and O–H groups in total. The Morgan fingerprint density at radius 2 is 2.00 bits per heavy atom. The molecule has 2 aromatic rings. The van der Waals surface area contributed by atoms with Gasteiger partial charge in [-0.2, -0.15) is 0 Å². The van der Waals surface area contributed by atoms with Gasteiger partial charge in [0.05, 0.1) is 30.5 Å². The molecule has 0 spiro atoms. The minimum absolute atomic E-state index is 0.467. The van der Waals surface area contributed by atoms with Crippen LogP contribution in [0, 0.1) is 0 Å². The predicted molar refractivity (Wildman–Crippen MR) is 61.6 cm³/mol. The lowest BCUT2D eigenvalue weighted by Crippen LogP contribution is -1.88. The molecular weight excluding hydrogens is 210 g/mol. The van der Waals surface area contributed by atoms with Crippen molar-refractivity contribution in [2.75, 3.05) is 14.2 Å². The monoisotopic (exact) mass is 221 g/mol. The van der Waals surface area contributed by atoms with E-state index in [-0.39, 0.29) is 0 Å². The van der Waals surface area contributed by atoms with Crippen LogP contribution in [0.5, 0.6) is 0 Å². The Hall–Kier alpha value is -1.55. The summed E-state index contributed by atoms with van der Waals surface area (Å²) in [5.74, 6) is 0.467. The first-order chi connectivity index (χ1) is 7.33. The molecule has 0 bridgehead atoms. The van der Waals surface area contributed by atoms with Gasteiger partial charge in [0.15, 0.2) is 0 Å². The van der Waals surface area contributed by atoms with Crippen molar-refractivity contribution < 1.29 is 9.47 Å². The van der Waals surface area contributed by atoms with E-state index in [1.807, 2.05) is 24.3 Å². The third-order valence-electron chi connectivity index (χ3n) is 1.95. The van der Waals surface area contributed by atoms with Crippen LogP contribution in [-0.4, -0.2) is 19.2 Å². The van der Waals surface area contributed by atoms with Gasteiger partial charge in [-0.15, -0.1) is 11.3 Å². The maximum atomic E-state index is 5.00. The van der Waals surface area contributed by atoms with E-state index in [0.29, 0.717) is 5.95 Å². The smallest absolute Gasteiger partial charge is 0.281 e. The van der Waals surface area contributed by atoms with Gasteiger partial charge >= 0.3 is 0 Å². The number of fused-ring (bicyclic) bond motifs is 1. The zero-order valence-electron chi connectivity index (χ0n) is 8.56. The molecule has 0 atom stereocenters. The van der Waals surface area contributed by atoms with Crippen molar-refractivity contribution in [3.8, 4) is 0 Å². The van der Waals surface area contributed by atoms with Crippen LogP contribution in [0.2, 0.25) is 0 Å². The molecule has 0 saturated heterocycles. The first-order valence-electron chi connectivity index (χ1n) is 4.48. The molecule has 0 unspecified atom stereocenters. The highest BCUT2D eigenvalue weighted by atomic mass is 32.1. The zero-order chi connectivity index (χ0) is 10.7. The number of thiazole rings is 1. The first kappa shape index (κ1) is 9.98. The average Bonchev–Trinajstić information content (AvgIpc) is 2.68. The van der Waals surface area contributed by atoms with Gasteiger partial charge in [0, 0.05) is 0 Å². The summed E-state index contributed by atoms with van der Waals surface area (Å²) in [7, 11) is 3.14. The number of rotatable bonds is 3. The lowest BCUT2D eigenvalue weighted by molar-refractivity contribution is 0.1000. The van der Waals surface area contributed by atoms with E-state index in [9.17, 15) is 0 Å². The van der Waals surface area contributed by atoms with Crippen LogP contribution in [0.15, 0.2) is 30.2 Å². The molecule has 0 aliphatic carbocycles. The Morgan fingerprint density at radius 3 is 2.67 bits per heavy atom. The molecule has 0 aliphatic rings. The first-order valence-corrected chi connectivity index (χ1v) is 5.30. The van der Waals surface area contributed by atoms with Crippen LogP contribution in [0.1, 0.15) is 5.01 Å². The molecule has 78 valence electrons. The molecule has 1 heterocycles. The van der Waals surface area contributed by atoms with E-state index >= 15 is 0 Å². The normalized spacial score (nSPS) is 10.0. The maximum Gasteiger partial charge on any atom is 0.281 e. The molecule has 15 heavy (non-hydrogen) atoms. The van der Waals surface area contributed by atoms with Gasteiger partial charge in [0.1, 0.15) is 5.01 Å². The Morgan fingerprint density at radius 1 is 1.27 bits per heavy atom. The van der Waals surface area contributed by atoms with Crippen molar-refractivity contribution >= 4 is 27.6 Å². The number of para-hydroxylation sites is 1. The molecule has 2 rings (SSSR count). The lowest BCUT2D eigenvalue weighted by Gasteiger charge is -2.00. The maximum absolute atomic E-state index is 5.00. The second-order valence-electron chi connectivity index (χ2n) is 2.89. The summed E-state index contributed by atoms with van der Waals surface area (Å²) in [4.78, 5) is 4.43. The molecule has 0 amide bonds. The minimum atomic E-state index is 0.467. The number of benzene rings is 1. The van der Waals surface area contributed by atoms with Crippen LogP contribution in [0.25, 0.3) is 16.3 Å². The standard InChI is InChI=1S/C11H11NO2S/c1-13-11(14-2)7-10-12-8-5-3-4-6-9(8)15-10/h3-7H,1-2H3. The number of ether oxygens (including phenoxy) is 2. The van der Waals surface area contributed by atoms with Gasteiger partial charge in [0.2, 0.25) is 0 Å². The largest absolute Gasteiger partial charge is 0.469 e. The molecule has 0 saturated carbocycles. The molecular formula is C11H11NO2S. The fourth-order valence-electron chi connectivity index (χ4n) is 1.25. The summed E-state index contributed by atoms with van der Waals surface area (Å²) in [6.07, 6.45) is 1.78. The Labute approximate surface area is 92.0 Å². The highest BCUT2D eigenvalue weighted by Crippen LogP contribution is 2.23. The van der Waals surface area contributed by atoms with Crippen LogP contribution in [0.4, 0.5) is 0 Å². The third kappa shape index (κ3) is 2.10. The van der Waals surface area contributed by atoms with Crippen molar-refractivity contribution in [1.29, 1.82) is 0 Å². The van der Waals surface area contributed by atoms with E-state index < -0.39 is 0 Å². The quantitative estimate of drug-likeness (QED) is 0.747. The number of nitrogens with zero attached hydrogens (tertiary/aromatic N) is 1. The molecule has 0 aliphatic heterocycles. The van der Waals surface area contributed by atoms with Crippen LogP contribution < -0.4 is 0 Å². The average molecular weight is 221 g/mol. The van der Waals surface area contributed by atoms with Crippen molar-refractivity contribution in [2.24, 2.45) is 0 Å². The predicted octanol–water partition coefficient (Wildman–Crippen LogP) is 2.89. The van der Waals surface area contributed by atoms with Gasteiger partial charge < -0.3 is 9.47 Å². The molecule has 0 fully saturated rings. The molecule has 1 aromatic heterocycles. The molecule has 3 nitrogen and oxygen atoms in total. The number of methoxy groups -OCH3 is 2. The Balaban J connectivity index is 2.40. The van der Waals surface area contributed by atoms with Gasteiger partial charge in [-0.25, -0.2) is 4.98 Å². The van der Waals surface area contributed by atoms with Crippen molar-refractivity contribution in [3.05, 3.63) is 35.2 Å². The van der Waals surface area contributed by atoms with Gasteiger partial charge in [0.25, 0.3) is 5.95 Å². The summed E-state index contributed by atoms with van der Waals surface area (Å²) in [6, 6.07) is 8.01. The molecule has 0 radical (unpaired) electrons. The summed E-state index contributed by atoms with van der Waals surface area (Å²) < 4.78 is 11.2. The van der Waals surface area contributed by atoms with Crippen LogP contribution in [-0.2, 0) is 9.47 Å². The highest BCUT2D eigenvalue weighted by molar-refractivity contribution is 7.19. The lowest BCUT2D eigenvalue weighted by atomic mass is 10.3. The van der Waals surface area contributed by atoms with Crippen molar-refractivity contribution in [3.63, 3.8) is 0 Å². The van der Waals surface area contributed by atoms with Crippen LogP contribution >= 0.6 is 11.3 Å². The zero-order valence-corrected chi connectivity index (χ0v) is 9.38. The van der Waals surface area contributed by atoms with Crippen LogP contribution in [0.3, 0.4) is 0 Å². The fourth-order valence-corrected chi connectivity index (χ4v) is 2.14. The fraction of sp³-hybridized carbons (Fsp3) is 0.182. The van der Waals surface area contributed by atoms with E-state index in [1.165, 1.54) is 0 Å². The van der Waals surface area contributed by atoms with E-state index in [2.05, 4.69) is 4.98 Å². The van der Waals surface area contributed by atoms with Gasteiger partial charge in [-0.1, -0.05) is 12.1 Å². The molecule has 4 heteroatoms. The highest BCUT2D eigenvalue weighted by Gasteiger charge is 2.02. The van der Waals surface area contributed by atoms with Gasteiger partial charge in [-0.3, -0.25) is 0 Å². The Kier molecular flexibility index (Phi) is 2.87. The van der Waals surface area contributed by atoms with E-state index in [1.54, 1.807) is 31.6 Å². The second-order valence-corrected chi connectivity index (χ2v) is 3.95. The Bertz CT molecular complexity index is 451. The minimum Gasteiger partial charge on any atom is -0.469 e. The summed E-state index contributed by atoms with van der Waals surface area (Å²) in [6.45, 7) is 0. The van der Waals surface area contributed by atoms with E-state index in [4.69, 9.17) is 9.47 Å². The SMILES string of the molecule is COC(=Cc1nc2ccccc2s1)OC. The molecule has 1 aromatic carbocycles. The summed E-state index contributed by atoms with van der Waals surface area (Å²) in [5.41, 5.74) is 1.00. The number of hydrogen-bond acceptors (Lipinski definition) is 4. The van der Waals surface area contributed by atoms with Crippen molar-refractivity contribution in [1.82, 2.24) is 4.98 Å². The van der Waals surface area contributed by atoms with Crippen molar-refractivity contribution in [2.45, 2.75) is 0 Å². The topological polar surface area (TPSA) is 31.4 Å². The third-order valence-corrected chi connectivity index (χ3v) is 2.94. The second kappa shape index (κ2) is 4.31. The number of hydrogen-bond donors (Lipinski definition) is 0. The summed E-state index contributed by atoms with van der Waals surface area (Å²) >= 11 is 1.61. The van der Waals surface area contributed by atoms with E-state index in [0.717, 1.165) is 15.2 Å². The van der Waals surface area contributed by atoms with Gasteiger partial charge in [-0.05, 0) is 12.1 Å². The number of aromatic nitrogens is 1. The summed E-state index contributed by atoms with van der Waals surface area (Å²) in [5, 5.41) is 0.884.